The first kappa shape index (κ1) is 27.6. The minimum atomic E-state index is 0.102. The molecule has 9 rings (SSSR count). The van der Waals surface area contributed by atoms with Crippen LogP contribution in [0.3, 0.4) is 0 Å². The highest BCUT2D eigenvalue weighted by molar-refractivity contribution is 7.00. The molecule has 1 unspecified atom stereocenters. The summed E-state index contributed by atoms with van der Waals surface area (Å²) in [6, 6.07) is 55.1. The molecule has 3 aliphatic rings. The Balaban J connectivity index is 1.40. The van der Waals surface area contributed by atoms with Crippen LogP contribution in [0.1, 0.15) is 13.3 Å². The molecule has 6 aromatic rings. The van der Waals surface area contributed by atoms with E-state index in [4.69, 9.17) is 0 Å². The Morgan fingerprint density at radius 2 is 1.06 bits per heavy atom. The van der Waals surface area contributed by atoms with Gasteiger partial charge in [-0.05, 0) is 95.5 Å². The van der Waals surface area contributed by atoms with Crippen molar-refractivity contribution < 1.29 is 0 Å². The number of para-hydroxylation sites is 5. The van der Waals surface area contributed by atoms with Crippen molar-refractivity contribution in [3.05, 3.63) is 176 Å². The molecule has 3 nitrogen and oxygen atoms in total. The molecule has 0 fully saturated rings. The first-order valence-corrected chi connectivity index (χ1v) is 16.6. The topological polar surface area (TPSA) is 9.72 Å². The predicted molar refractivity (Wildman–Crippen MR) is 200 cm³/mol. The summed E-state index contributed by atoms with van der Waals surface area (Å²) in [6.07, 6.45) is 8.14. The molecule has 4 heteroatoms. The van der Waals surface area contributed by atoms with E-state index in [-0.39, 0.29) is 6.71 Å². The average Bonchev–Trinajstić information content (AvgIpc) is 3.13. The van der Waals surface area contributed by atoms with Crippen LogP contribution in [0.2, 0.25) is 0 Å². The maximum absolute atomic E-state index is 2.52. The largest absolute Gasteiger partial charge is 0.312 e. The molecular formula is C43H34BN3. The van der Waals surface area contributed by atoms with E-state index in [2.05, 4.69) is 192 Å². The smallest absolute Gasteiger partial charge is 0.252 e. The summed E-state index contributed by atoms with van der Waals surface area (Å²) in [7, 11) is 0. The van der Waals surface area contributed by atoms with Gasteiger partial charge >= 0.3 is 0 Å². The molecular weight excluding hydrogens is 569 g/mol. The van der Waals surface area contributed by atoms with Crippen molar-refractivity contribution in [3.8, 4) is 0 Å². The molecule has 0 spiro atoms. The van der Waals surface area contributed by atoms with E-state index in [1.807, 2.05) is 0 Å². The summed E-state index contributed by atoms with van der Waals surface area (Å²) in [6.45, 7) is 2.42. The Labute approximate surface area is 277 Å². The fraction of sp³-hybridized carbons (Fsp3) is 0.0698. The second-order valence-electron chi connectivity index (χ2n) is 12.7. The second-order valence-corrected chi connectivity index (χ2v) is 12.7. The fourth-order valence-corrected chi connectivity index (χ4v) is 7.71. The van der Waals surface area contributed by atoms with Crippen molar-refractivity contribution in [2.24, 2.45) is 5.92 Å². The van der Waals surface area contributed by atoms with Crippen molar-refractivity contribution in [1.29, 1.82) is 0 Å². The molecule has 2 heterocycles. The lowest BCUT2D eigenvalue weighted by molar-refractivity contribution is 0.726. The van der Waals surface area contributed by atoms with Crippen molar-refractivity contribution in [2.45, 2.75) is 13.3 Å². The van der Waals surface area contributed by atoms with Gasteiger partial charge in [0.1, 0.15) is 0 Å². The van der Waals surface area contributed by atoms with Gasteiger partial charge < -0.3 is 14.7 Å². The molecule has 0 bridgehead atoms. The van der Waals surface area contributed by atoms with Gasteiger partial charge in [0.15, 0.2) is 0 Å². The minimum absolute atomic E-state index is 0.102. The molecule has 0 saturated heterocycles. The number of rotatable bonds is 5. The number of hydrogen-bond donors (Lipinski definition) is 0. The van der Waals surface area contributed by atoms with Crippen molar-refractivity contribution in [3.63, 3.8) is 0 Å². The van der Waals surface area contributed by atoms with E-state index in [0.29, 0.717) is 5.92 Å². The third-order valence-corrected chi connectivity index (χ3v) is 9.68. The van der Waals surface area contributed by atoms with E-state index in [0.717, 1.165) is 29.2 Å². The third kappa shape index (κ3) is 4.52. The van der Waals surface area contributed by atoms with E-state index in [1.54, 1.807) is 0 Å². The fourth-order valence-electron chi connectivity index (χ4n) is 7.71. The molecule has 0 aromatic heterocycles. The van der Waals surface area contributed by atoms with Crippen LogP contribution in [-0.2, 0) is 0 Å². The highest BCUT2D eigenvalue weighted by Crippen LogP contribution is 2.47. The molecule has 224 valence electrons. The van der Waals surface area contributed by atoms with Gasteiger partial charge in [-0.1, -0.05) is 110 Å². The number of allylic oxidation sites excluding steroid dienone is 3. The van der Waals surface area contributed by atoms with Gasteiger partial charge in [0.05, 0.1) is 5.69 Å². The van der Waals surface area contributed by atoms with Crippen LogP contribution < -0.4 is 31.1 Å². The van der Waals surface area contributed by atoms with Gasteiger partial charge in [0.2, 0.25) is 0 Å². The van der Waals surface area contributed by atoms with Crippen LogP contribution in [0.5, 0.6) is 0 Å². The van der Waals surface area contributed by atoms with Crippen LogP contribution in [0.25, 0.3) is 0 Å². The SMILES string of the molecule is CC1C=C(N2c3ccccc3B3c4ccccc4N(c4ccccc4)c4cc(N(c5ccccc5)c5ccccc5)cc2c43)C=CC1. The average molecular weight is 604 g/mol. The Hall–Kier alpha value is -5.74. The molecule has 0 radical (unpaired) electrons. The van der Waals surface area contributed by atoms with Gasteiger partial charge in [0.25, 0.3) is 6.71 Å². The Kier molecular flexibility index (Phi) is 6.60. The number of nitrogens with zero attached hydrogens (tertiary/aromatic N) is 3. The van der Waals surface area contributed by atoms with Gasteiger partial charge in [-0.25, -0.2) is 0 Å². The molecule has 1 aliphatic carbocycles. The van der Waals surface area contributed by atoms with Gasteiger partial charge in [-0.2, -0.15) is 0 Å². The normalized spacial score (nSPS) is 15.8. The van der Waals surface area contributed by atoms with Crippen molar-refractivity contribution in [2.75, 3.05) is 14.7 Å². The zero-order valence-electron chi connectivity index (χ0n) is 26.4. The monoisotopic (exact) mass is 603 g/mol. The standard InChI is InChI=1S/C43H34BN3/c1-31-16-15-23-35(28-31)47-40-27-14-12-25-38(40)44-37-24-11-13-26-39(37)46(34-21-9-4-10-22-34)41-29-36(30-42(47)43(41)44)45(32-17-5-2-6-18-32)33-19-7-3-8-20-33/h2-15,17-31H,16H2,1H3. The second kappa shape index (κ2) is 11.3. The number of benzene rings is 6. The van der Waals surface area contributed by atoms with Crippen LogP contribution in [-0.4, -0.2) is 6.71 Å². The summed E-state index contributed by atoms with van der Waals surface area (Å²) in [4.78, 5) is 7.38. The van der Waals surface area contributed by atoms with Crippen LogP contribution >= 0.6 is 0 Å². The van der Waals surface area contributed by atoms with E-state index < -0.39 is 0 Å². The van der Waals surface area contributed by atoms with Crippen LogP contribution in [0.15, 0.2) is 176 Å². The summed E-state index contributed by atoms with van der Waals surface area (Å²) < 4.78 is 0. The van der Waals surface area contributed by atoms with Crippen molar-refractivity contribution in [1.82, 2.24) is 0 Å². The Bertz CT molecular complexity index is 2120. The first-order valence-electron chi connectivity index (χ1n) is 16.6. The molecule has 0 amide bonds. The number of anilines is 8. The van der Waals surface area contributed by atoms with E-state index >= 15 is 0 Å². The summed E-state index contributed by atoms with van der Waals surface area (Å²) in [5.74, 6) is 0.463. The summed E-state index contributed by atoms with van der Waals surface area (Å²) in [5.41, 5.74) is 14.6. The maximum Gasteiger partial charge on any atom is 0.252 e. The summed E-state index contributed by atoms with van der Waals surface area (Å²) in [5, 5.41) is 0. The molecule has 6 aromatic carbocycles. The van der Waals surface area contributed by atoms with Gasteiger partial charge in [0, 0.05) is 45.5 Å². The van der Waals surface area contributed by atoms with E-state index in [9.17, 15) is 0 Å². The number of hydrogen-bond acceptors (Lipinski definition) is 3. The van der Waals surface area contributed by atoms with Gasteiger partial charge in [-0.15, -0.1) is 0 Å². The highest BCUT2D eigenvalue weighted by atomic mass is 15.2. The quantitative estimate of drug-likeness (QED) is 0.182. The molecule has 2 aliphatic heterocycles. The Morgan fingerprint density at radius 3 is 1.66 bits per heavy atom. The van der Waals surface area contributed by atoms with Gasteiger partial charge in [-0.3, -0.25) is 0 Å². The zero-order valence-corrected chi connectivity index (χ0v) is 26.4. The highest BCUT2D eigenvalue weighted by Gasteiger charge is 2.43. The van der Waals surface area contributed by atoms with E-state index in [1.165, 1.54) is 44.8 Å². The molecule has 0 N–H and O–H groups in total. The maximum atomic E-state index is 2.52. The lowest BCUT2D eigenvalue weighted by Gasteiger charge is -2.45. The van der Waals surface area contributed by atoms with Crippen molar-refractivity contribution >= 4 is 68.6 Å². The first-order chi connectivity index (χ1) is 23.3. The summed E-state index contributed by atoms with van der Waals surface area (Å²) >= 11 is 0. The Morgan fingerprint density at radius 1 is 0.553 bits per heavy atom. The lowest BCUT2D eigenvalue weighted by Crippen LogP contribution is -2.61. The van der Waals surface area contributed by atoms with Crippen LogP contribution in [0.4, 0.5) is 45.5 Å². The predicted octanol–water partition coefficient (Wildman–Crippen LogP) is 9.39. The number of fused-ring (bicyclic) bond motifs is 4. The zero-order chi connectivity index (χ0) is 31.3. The third-order valence-electron chi connectivity index (χ3n) is 9.68. The van der Waals surface area contributed by atoms with Crippen LogP contribution in [0, 0.1) is 5.92 Å². The lowest BCUT2D eigenvalue weighted by atomic mass is 9.33. The molecule has 0 saturated carbocycles. The molecule has 47 heavy (non-hydrogen) atoms. The molecule has 1 atom stereocenters. The minimum Gasteiger partial charge on any atom is -0.312 e.